The molecule has 0 bridgehead atoms. The number of carboxylic acid groups (broad SMARTS) is 1. The number of rotatable bonds is 7. The average Bonchev–Trinajstić information content (AvgIpc) is 3.14. The first-order chi connectivity index (χ1) is 12.6. The normalized spacial score (nSPS) is 16.8. The van der Waals surface area contributed by atoms with Gasteiger partial charge in [0.2, 0.25) is 5.91 Å². The molecule has 1 aliphatic rings. The van der Waals surface area contributed by atoms with E-state index in [0.29, 0.717) is 26.1 Å². The average molecular weight is 352 g/mol. The van der Waals surface area contributed by atoms with Crippen LogP contribution >= 0.6 is 0 Å². The van der Waals surface area contributed by atoms with E-state index in [0.717, 1.165) is 17.5 Å². The first-order valence-corrected chi connectivity index (χ1v) is 8.96. The monoisotopic (exact) mass is 352 g/mol. The Bertz CT molecular complexity index is 692. The van der Waals surface area contributed by atoms with Crippen molar-refractivity contribution in [3.05, 3.63) is 71.8 Å². The molecule has 0 aliphatic carbocycles. The highest BCUT2D eigenvalue weighted by Crippen LogP contribution is 2.19. The third kappa shape index (κ3) is 4.70. The van der Waals surface area contributed by atoms with E-state index in [4.69, 9.17) is 0 Å². The molecule has 1 amide bonds. The van der Waals surface area contributed by atoms with Crippen LogP contribution in [0.25, 0.3) is 0 Å². The molecule has 5 heteroatoms. The van der Waals surface area contributed by atoms with Gasteiger partial charge >= 0.3 is 5.97 Å². The number of hydrogen-bond donors (Lipinski definition) is 1. The van der Waals surface area contributed by atoms with Gasteiger partial charge in [0.05, 0.1) is 6.54 Å². The Kier molecular flexibility index (Phi) is 6.02. The summed E-state index contributed by atoms with van der Waals surface area (Å²) < 4.78 is 0. The van der Waals surface area contributed by atoms with Gasteiger partial charge in [0.25, 0.3) is 0 Å². The first kappa shape index (κ1) is 18.1. The van der Waals surface area contributed by atoms with Crippen LogP contribution in [-0.2, 0) is 22.7 Å². The van der Waals surface area contributed by atoms with E-state index in [1.165, 1.54) is 4.90 Å². The fraction of sp³-hybridized carbons (Fsp3) is 0.333. The molecule has 2 aromatic rings. The minimum absolute atomic E-state index is 0.109. The van der Waals surface area contributed by atoms with Gasteiger partial charge in [-0.2, -0.15) is 0 Å². The van der Waals surface area contributed by atoms with E-state index in [-0.39, 0.29) is 12.5 Å². The Balaban J connectivity index is 1.72. The van der Waals surface area contributed by atoms with Crippen molar-refractivity contribution >= 4 is 11.9 Å². The number of aliphatic carboxylic acids is 1. The van der Waals surface area contributed by atoms with E-state index in [1.807, 2.05) is 60.7 Å². The molecule has 1 atom stereocenters. The molecule has 3 rings (SSSR count). The van der Waals surface area contributed by atoms with E-state index in [9.17, 15) is 14.7 Å². The molecule has 1 heterocycles. The molecule has 0 saturated carbocycles. The summed E-state index contributed by atoms with van der Waals surface area (Å²) in [5, 5.41) is 9.33. The lowest BCUT2D eigenvalue weighted by atomic mass is 10.1. The maximum Gasteiger partial charge on any atom is 0.326 e. The predicted octanol–water partition coefficient (Wildman–Crippen LogP) is 2.76. The third-order valence-electron chi connectivity index (χ3n) is 4.72. The number of nitrogens with zero attached hydrogens (tertiary/aromatic N) is 2. The van der Waals surface area contributed by atoms with Gasteiger partial charge in [-0.3, -0.25) is 9.69 Å². The van der Waals surface area contributed by atoms with Crippen LogP contribution in [0.3, 0.4) is 0 Å². The summed E-state index contributed by atoms with van der Waals surface area (Å²) in [7, 11) is 0. The van der Waals surface area contributed by atoms with Crippen LogP contribution in [0.15, 0.2) is 60.7 Å². The second kappa shape index (κ2) is 8.63. The van der Waals surface area contributed by atoms with Gasteiger partial charge in [-0.15, -0.1) is 0 Å². The van der Waals surface area contributed by atoms with Crippen molar-refractivity contribution in [3.63, 3.8) is 0 Å². The van der Waals surface area contributed by atoms with E-state index in [1.54, 1.807) is 0 Å². The maximum atomic E-state index is 12.8. The number of carbonyl (C=O) groups is 2. The van der Waals surface area contributed by atoms with Crippen molar-refractivity contribution in [1.29, 1.82) is 0 Å². The molecule has 1 unspecified atom stereocenters. The summed E-state index contributed by atoms with van der Waals surface area (Å²) in [4.78, 5) is 27.7. The molecule has 1 fully saturated rings. The number of amides is 1. The van der Waals surface area contributed by atoms with Crippen molar-refractivity contribution in [2.45, 2.75) is 32.0 Å². The molecule has 0 radical (unpaired) electrons. The van der Waals surface area contributed by atoms with Crippen molar-refractivity contribution < 1.29 is 14.7 Å². The smallest absolute Gasteiger partial charge is 0.326 e. The van der Waals surface area contributed by atoms with Crippen molar-refractivity contribution in [2.75, 3.05) is 13.1 Å². The van der Waals surface area contributed by atoms with E-state index >= 15 is 0 Å². The van der Waals surface area contributed by atoms with E-state index in [2.05, 4.69) is 4.90 Å². The molecule has 26 heavy (non-hydrogen) atoms. The van der Waals surface area contributed by atoms with E-state index < -0.39 is 12.0 Å². The lowest BCUT2D eigenvalue weighted by Gasteiger charge is -2.27. The van der Waals surface area contributed by atoms with Crippen LogP contribution in [0.2, 0.25) is 0 Å². The molecular weight excluding hydrogens is 328 g/mol. The summed E-state index contributed by atoms with van der Waals surface area (Å²) in [6.07, 6.45) is 1.29. The van der Waals surface area contributed by atoms with Crippen LogP contribution in [0.5, 0.6) is 0 Å². The lowest BCUT2D eigenvalue weighted by molar-refractivity contribution is -0.148. The Morgan fingerprint density at radius 3 is 2.00 bits per heavy atom. The molecule has 1 saturated heterocycles. The van der Waals surface area contributed by atoms with Gasteiger partial charge in [-0.05, 0) is 24.0 Å². The molecule has 0 aromatic heterocycles. The molecular formula is C21H24N2O3. The summed E-state index contributed by atoms with van der Waals surface area (Å²) in [6.45, 7) is 2.04. The Morgan fingerprint density at radius 2 is 1.50 bits per heavy atom. The van der Waals surface area contributed by atoms with Crippen LogP contribution in [0.1, 0.15) is 24.0 Å². The summed E-state index contributed by atoms with van der Waals surface area (Å²) in [5.74, 6) is -1.02. The Hall–Kier alpha value is -2.66. The number of hydrogen-bond acceptors (Lipinski definition) is 3. The number of benzene rings is 2. The van der Waals surface area contributed by atoms with Gasteiger partial charge in [0, 0.05) is 19.6 Å². The zero-order valence-corrected chi connectivity index (χ0v) is 14.8. The first-order valence-electron chi connectivity index (χ1n) is 8.96. The predicted molar refractivity (Wildman–Crippen MR) is 99.4 cm³/mol. The SMILES string of the molecule is O=C(O)C1CCCN1C(=O)CN(Cc1ccccc1)Cc1ccccc1. The van der Waals surface area contributed by atoms with Crippen molar-refractivity contribution in [1.82, 2.24) is 9.80 Å². The van der Waals surface area contributed by atoms with Gasteiger partial charge in [-0.1, -0.05) is 60.7 Å². The van der Waals surface area contributed by atoms with Crippen LogP contribution in [0, 0.1) is 0 Å². The third-order valence-corrected chi connectivity index (χ3v) is 4.72. The number of carboxylic acids is 1. The zero-order chi connectivity index (χ0) is 18.4. The quantitative estimate of drug-likeness (QED) is 0.832. The summed E-state index contributed by atoms with van der Waals surface area (Å²) in [6, 6.07) is 19.4. The largest absolute Gasteiger partial charge is 0.480 e. The minimum Gasteiger partial charge on any atom is -0.480 e. The Labute approximate surface area is 153 Å². The molecule has 5 nitrogen and oxygen atoms in total. The maximum absolute atomic E-state index is 12.8. The lowest BCUT2D eigenvalue weighted by Crippen LogP contribution is -2.45. The van der Waals surface area contributed by atoms with Crippen molar-refractivity contribution in [3.8, 4) is 0 Å². The molecule has 0 spiro atoms. The van der Waals surface area contributed by atoms with Gasteiger partial charge in [-0.25, -0.2) is 4.79 Å². The molecule has 1 aliphatic heterocycles. The standard InChI is InChI=1S/C21H24N2O3/c24-20(23-13-7-12-19(23)21(25)26)16-22(14-17-8-3-1-4-9-17)15-18-10-5-2-6-11-18/h1-6,8-11,19H,7,12-16H2,(H,25,26). The molecule has 136 valence electrons. The highest BCUT2D eigenvalue weighted by Gasteiger charge is 2.34. The van der Waals surface area contributed by atoms with Crippen LogP contribution < -0.4 is 0 Å². The number of carbonyl (C=O) groups excluding carboxylic acids is 1. The second-order valence-electron chi connectivity index (χ2n) is 6.70. The highest BCUT2D eigenvalue weighted by molar-refractivity contribution is 5.85. The Morgan fingerprint density at radius 1 is 0.962 bits per heavy atom. The zero-order valence-electron chi connectivity index (χ0n) is 14.8. The fourth-order valence-electron chi connectivity index (χ4n) is 3.46. The highest BCUT2D eigenvalue weighted by atomic mass is 16.4. The molecule has 2 aromatic carbocycles. The minimum atomic E-state index is -0.909. The summed E-state index contributed by atoms with van der Waals surface area (Å²) >= 11 is 0. The number of likely N-dealkylation sites (tertiary alicyclic amines) is 1. The van der Waals surface area contributed by atoms with Gasteiger partial charge in [0.15, 0.2) is 0 Å². The summed E-state index contributed by atoms with van der Waals surface area (Å²) in [5.41, 5.74) is 2.26. The topological polar surface area (TPSA) is 60.9 Å². The second-order valence-corrected chi connectivity index (χ2v) is 6.70. The van der Waals surface area contributed by atoms with Gasteiger partial charge < -0.3 is 10.0 Å². The molecule has 1 N–H and O–H groups in total. The fourth-order valence-corrected chi connectivity index (χ4v) is 3.46. The van der Waals surface area contributed by atoms with Crippen LogP contribution in [-0.4, -0.2) is 45.9 Å². The van der Waals surface area contributed by atoms with Crippen molar-refractivity contribution in [2.24, 2.45) is 0 Å². The van der Waals surface area contributed by atoms with Crippen LogP contribution in [0.4, 0.5) is 0 Å². The van der Waals surface area contributed by atoms with Gasteiger partial charge in [0.1, 0.15) is 6.04 Å².